The molecule has 0 saturated carbocycles. The van der Waals surface area contributed by atoms with Gasteiger partial charge in [0, 0.05) is 31.9 Å². The number of carbonyl (C=O) groups is 1. The Morgan fingerprint density at radius 2 is 1.84 bits per heavy atom. The van der Waals surface area contributed by atoms with Gasteiger partial charge in [0.15, 0.2) is 0 Å². The van der Waals surface area contributed by atoms with E-state index in [4.69, 9.17) is 5.11 Å². The summed E-state index contributed by atoms with van der Waals surface area (Å²) < 4.78 is 0. The van der Waals surface area contributed by atoms with Gasteiger partial charge in [-0.05, 0) is 24.1 Å². The van der Waals surface area contributed by atoms with Gasteiger partial charge in [-0.15, -0.1) is 0 Å². The highest BCUT2D eigenvalue weighted by molar-refractivity contribution is 5.67. The summed E-state index contributed by atoms with van der Waals surface area (Å²) in [4.78, 5) is 12.9. The average molecular weight is 264 g/mol. The van der Waals surface area contributed by atoms with E-state index < -0.39 is 5.97 Å². The van der Waals surface area contributed by atoms with E-state index in [-0.39, 0.29) is 18.5 Å². The number of carboxylic acids is 1. The first-order valence-electron chi connectivity index (χ1n) is 6.62. The van der Waals surface area contributed by atoms with Gasteiger partial charge in [-0.25, -0.2) is 0 Å². The van der Waals surface area contributed by atoms with Crippen molar-refractivity contribution in [1.82, 2.24) is 5.32 Å². The zero-order valence-electron chi connectivity index (χ0n) is 12.2. The molecule has 0 fully saturated rings. The van der Waals surface area contributed by atoms with Crippen LogP contribution in [0.2, 0.25) is 0 Å². The molecule has 1 aromatic rings. The standard InChI is InChI=1S/C15H24N2O2/c1-11(2)16-13(10-15(18)19)9-12-5-7-14(8-6-12)17(3)4/h5-8,11,13,16H,9-10H2,1-4H3,(H,18,19). The fraction of sp³-hybridized carbons (Fsp3) is 0.533. The predicted molar refractivity (Wildman–Crippen MR) is 78.8 cm³/mol. The van der Waals surface area contributed by atoms with Crippen LogP contribution in [0.3, 0.4) is 0 Å². The minimum Gasteiger partial charge on any atom is -0.481 e. The van der Waals surface area contributed by atoms with E-state index in [0.29, 0.717) is 0 Å². The topological polar surface area (TPSA) is 52.6 Å². The van der Waals surface area contributed by atoms with Crippen molar-refractivity contribution in [3.05, 3.63) is 29.8 Å². The summed E-state index contributed by atoms with van der Waals surface area (Å²) >= 11 is 0. The molecular weight excluding hydrogens is 240 g/mol. The zero-order chi connectivity index (χ0) is 14.4. The Labute approximate surface area is 115 Å². The third-order valence-electron chi connectivity index (χ3n) is 2.92. The molecule has 1 atom stereocenters. The first-order chi connectivity index (χ1) is 8.88. The number of hydrogen-bond donors (Lipinski definition) is 2. The van der Waals surface area contributed by atoms with Crippen LogP contribution < -0.4 is 10.2 Å². The molecule has 106 valence electrons. The average Bonchev–Trinajstić information content (AvgIpc) is 2.27. The monoisotopic (exact) mass is 264 g/mol. The van der Waals surface area contributed by atoms with Gasteiger partial charge in [-0.1, -0.05) is 26.0 Å². The van der Waals surface area contributed by atoms with Crippen LogP contribution in [0.25, 0.3) is 0 Å². The van der Waals surface area contributed by atoms with Crippen LogP contribution in [0.15, 0.2) is 24.3 Å². The molecular formula is C15H24N2O2. The lowest BCUT2D eigenvalue weighted by Crippen LogP contribution is -2.38. The number of aliphatic carboxylic acids is 1. The maximum Gasteiger partial charge on any atom is 0.304 e. The molecule has 2 N–H and O–H groups in total. The second-order valence-corrected chi connectivity index (χ2v) is 5.38. The number of rotatable bonds is 7. The number of carboxylic acid groups (broad SMARTS) is 1. The second-order valence-electron chi connectivity index (χ2n) is 5.38. The summed E-state index contributed by atoms with van der Waals surface area (Å²) in [5.74, 6) is -0.761. The van der Waals surface area contributed by atoms with E-state index in [1.54, 1.807) is 0 Å². The maximum atomic E-state index is 10.9. The van der Waals surface area contributed by atoms with Gasteiger partial charge >= 0.3 is 5.97 Å². The third kappa shape index (κ3) is 5.75. The molecule has 1 rings (SSSR count). The molecule has 0 amide bonds. The molecule has 1 aromatic carbocycles. The quantitative estimate of drug-likeness (QED) is 0.792. The Balaban J connectivity index is 2.69. The molecule has 4 heteroatoms. The highest BCUT2D eigenvalue weighted by atomic mass is 16.4. The summed E-state index contributed by atoms with van der Waals surface area (Å²) in [5.41, 5.74) is 2.31. The van der Waals surface area contributed by atoms with Crippen LogP contribution in [0, 0.1) is 0 Å². The highest BCUT2D eigenvalue weighted by Crippen LogP contribution is 2.14. The van der Waals surface area contributed by atoms with E-state index in [2.05, 4.69) is 29.6 Å². The van der Waals surface area contributed by atoms with E-state index >= 15 is 0 Å². The molecule has 0 spiro atoms. The van der Waals surface area contributed by atoms with Crippen molar-refractivity contribution in [1.29, 1.82) is 0 Å². The van der Waals surface area contributed by atoms with Crippen LogP contribution in [0.5, 0.6) is 0 Å². The lowest BCUT2D eigenvalue weighted by atomic mass is 10.0. The van der Waals surface area contributed by atoms with Crippen LogP contribution in [0.1, 0.15) is 25.8 Å². The van der Waals surface area contributed by atoms with Gasteiger partial charge in [-0.3, -0.25) is 4.79 Å². The lowest BCUT2D eigenvalue weighted by Gasteiger charge is -2.20. The van der Waals surface area contributed by atoms with Gasteiger partial charge in [0.05, 0.1) is 6.42 Å². The summed E-state index contributed by atoms with van der Waals surface area (Å²) in [6, 6.07) is 8.50. The van der Waals surface area contributed by atoms with Crippen molar-refractivity contribution in [2.75, 3.05) is 19.0 Å². The lowest BCUT2D eigenvalue weighted by molar-refractivity contribution is -0.137. The molecule has 0 heterocycles. The Morgan fingerprint density at radius 3 is 2.26 bits per heavy atom. The highest BCUT2D eigenvalue weighted by Gasteiger charge is 2.14. The molecule has 0 aromatic heterocycles. The molecule has 0 aliphatic heterocycles. The number of nitrogens with zero attached hydrogens (tertiary/aromatic N) is 1. The minimum atomic E-state index is -0.761. The molecule has 0 aliphatic carbocycles. The Bertz CT molecular complexity index is 399. The molecule has 0 radical (unpaired) electrons. The van der Waals surface area contributed by atoms with E-state index in [9.17, 15) is 4.79 Å². The number of benzene rings is 1. The Hall–Kier alpha value is -1.55. The Morgan fingerprint density at radius 1 is 1.26 bits per heavy atom. The maximum absolute atomic E-state index is 10.9. The largest absolute Gasteiger partial charge is 0.481 e. The molecule has 0 bridgehead atoms. The SMILES string of the molecule is CC(C)NC(CC(=O)O)Cc1ccc(N(C)C)cc1. The first-order valence-corrected chi connectivity index (χ1v) is 6.62. The normalized spacial score (nSPS) is 12.5. The zero-order valence-corrected chi connectivity index (χ0v) is 12.2. The predicted octanol–water partition coefficient (Wildman–Crippen LogP) is 2.14. The second kappa shape index (κ2) is 7.14. The first kappa shape index (κ1) is 15.5. The van der Waals surface area contributed by atoms with Crippen molar-refractivity contribution >= 4 is 11.7 Å². The van der Waals surface area contributed by atoms with Gasteiger partial charge < -0.3 is 15.3 Å². The molecule has 19 heavy (non-hydrogen) atoms. The van der Waals surface area contributed by atoms with Crippen molar-refractivity contribution in [3.8, 4) is 0 Å². The van der Waals surface area contributed by atoms with Crippen molar-refractivity contribution in [3.63, 3.8) is 0 Å². The third-order valence-corrected chi connectivity index (χ3v) is 2.92. The molecule has 0 saturated heterocycles. The molecule has 4 nitrogen and oxygen atoms in total. The van der Waals surface area contributed by atoms with E-state index in [0.717, 1.165) is 17.7 Å². The Kier molecular flexibility index (Phi) is 5.83. The van der Waals surface area contributed by atoms with Gasteiger partial charge in [-0.2, -0.15) is 0 Å². The van der Waals surface area contributed by atoms with E-state index in [1.807, 2.05) is 32.8 Å². The van der Waals surface area contributed by atoms with Crippen molar-refractivity contribution in [2.45, 2.75) is 38.8 Å². The summed E-state index contributed by atoms with van der Waals surface area (Å²) in [5, 5.41) is 12.3. The number of anilines is 1. The summed E-state index contributed by atoms with van der Waals surface area (Å²) in [7, 11) is 4.01. The van der Waals surface area contributed by atoms with Crippen LogP contribution in [0.4, 0.5) is 5.69 Å². The molecule has 0 aliphatic rings. The van der Waals surface area contributed by atoms with Crippen LogP contribution in [-0.2, 0) is 11.2 Å². The van der Waals surface area contributed by atoms with Gasteiger partial charge in [0.25, 0.3) is 0 Å². The fourth-order valence-electron chi connectivity index (χ4n) is 2.09. The summed E-state index contributed by atoms with van der Waals surface area (Å²) in [6.07, 6.45) is 0.881. The smallest absolute Gasteiger partial charge is 0.304 e. The number of nitrogens with one attached hydrogen (secondary N) is 1. The molecule has 1 unspecified atom stereocenters. The number of hydrogen-bond acceptors (Lipinski definition) is 3. The van der Waals surface area contributed by atoms with Crippen molar-refractivity contribution in [2.24, 2.45) is 0 Å². The van der Waals surface area contributed by atoms with Gasteiger partial charge in [0.1, 0.15) is 0 Å². The van der Waals surface area contributed by atoms with Crippen molar-refractivity contribution < 1.29 is 9.90 Å². The van der Waals surface area contributed by atoms with Crippen LogP contribution in [-0.4, -0.2) is 37.3 Å². The summed E-state index contributed by atoms with van der Waals surface area (Å²) in [6.45, 7) is 4.06. The van der Waals surface area contributed by atoms with Gasteiger partial charge in [0.2, 0.25) is 0 Å². The van der Waals surface area contributed by atoms with E-state index in [1.165, 1.54) is 0 Å². The fourth-order valence-corrected chi connectivity index (χ4v) is 2.09. The van der Waals surface area contributed by atoms with Crippen LogP contribution >= 0.6 is 0 Å². The minimum absolute atomic E-state index is 0.0253.